The van der Waals surface area contributed by atoms with Crippen LogP contribution in [0.5, 0.6) is 0 Å². The van der Waals surface area contributed by atoms with Gasteiger partial charge in [0, 0.05) is 12.8 Å². The van der Waals surface area contributed by atoms with Gasteiger partial charge in [-0.05, 0) is 70.6 Å². The van der Waals surface area contributed by atoms with Crippen molar-refractivity contribution in [2.24, 2.45) is 0 Å². The Morgan fingerprint density at radius 1 is 0.394 bits per heavy atom. The van der Waals surface area contributed by atoms with E-state index in [1.165, 1.54) is 109 Å². The molecule has 0 aromatic heterocycles. The molecule has 0 rings (SSSR count). The van der Waals surface area contributed by atoms with E-state index in [0.29, 0.717) is 12.8 Å². The molecule has 0 aromatic rings. The minimum absolute atomic E-state index is 0.177. The van der Waals surface area contributed by atoms with Crippen LogP contribution in [0, 0.1) is 0 Å². The summed E-state index contributed by atoms with van der Waals surface area (Å²) in [6.07, 6.45) is 41.3. The highest BCUT2D eigenvalue weighted by molar-refractivity contribution is 7.47. The number of hydrogen-bond donors (Lipinski definition) is 5. The first-order chi connectivity index (χ1) is 31.8. The van der Waals surface area contributed by atoms with Crippen molar-refractivity contribution < 1.29 is 71.4 Å². The number of esters is 2. The first kappa shape index (κ1) is 64.3. The van der Waals surface area contributed by atoms with E-state index >= 15 is 0 Å². The van der Waals surface area contributed by atoms with E-state index in [1.54, 1.807) is 0 Å². The summed E-state index contributed by atoms with van der Waals surface area (Å²) in [5.41, 5.74) is 0. The summed E-state index contributed by atoms with van der Waals surface area (Å²) in [6.45, 7) is 0.385. The molecule has 0 saturated heterocycles. The predicted octanol–water partition coefficient (Wildman–Crippen LogP) is 11.8. The molecule has 5 atom stereocenters. The topological polar surface area (TPSA) is 225 Å². The van der Waals surface area contributed by atoms with Gasteiger partial charge in [-0.2, -0.15) is 0 Å². The zero-order valence-corrected chi connectivity index (χ0v) is 42.7. The maximum absolute atomic E-state index is 12.2. The number of carbonyl (C=O) groups excluding carboxylic acids is 2. The summed E-state index contributed by atoms with van der Waals surface area (Å²) in [7, 11) is -9.57. The highest BCUT2D eigenvalue weighted by Gasteiger charge is 2.28. The fourth-order valence-electron chi connectivity index (χ4n) is 6.59. The lowest BCUT2D eigenvalue weighted by molar-refractivity contribution is -0.148. The molecule has 0 radical (unpaired) electrons. The Balaban J connectivity index is 3.85. The molecular formula is C49H92O15P2. The molecule has 0 heterocycles. The van der Waals surface area contributed by atoms with E-state index in [1.807, 2.05) is 0 Å². The Morgan fingerprint density at radius 2 is 0.652 bits per heavy atom. The van der Waals surface area contributed by atoms with Gasteiger partial charge in [0.05, 0.1) is 26.4 Å². The zero-order chi connectivity index (χ0) is 48.8. The van der Waals surface area contributed by atoms with Crippen LogP contribution in [-0.2, 0) is 46.3 Å². The van der Waals surface area contributed by atoms with Crippen molar-refractivity contribution in [3.8, 4) is 0 Å². The molecule has 15 nitrogen and oxygen atoms in total. The van der Waals surface area contributed by atoms with Gasteiger partial charge in [-0.1, -0.05) is 159 Å². The highest BCUT2D eigenvalue weighted by atomic mass is 31.2. The molecule has 0 saturated carbocycles. The number of phosphoric acid groups is 2. The van der Waals surface area contributed by atoms with E-state index in [4.69, 9.17) is 14.0 Å². The van der Waals surface area contributed by atoms with Gasteiger partial charge in [0.25, 0.3) is 0 Å². The number of allylic oxidation sites excluding steroid dienone is 6. The number of rotatable bonds is 49. The lowest BCUT2D eigenvalue weighted by atomic mass is 10.0. The molecule has 0 fully saturated rings. The summed E-state index contributed by atoms with van der Waals surface area (Å²) < 4.78 is 53.0. The molecule has 0 bridgehead atoms. The standard InChI is InChI=1S/C49H92O15P2/c1-3-5-7-9-11-13-15-17-18-19-20-21-22-23-24-26-28-30-32-34-36-38-49(54)60-40-46(51)42-62-66(57,58)64-44-47(52)43-63-65(55,56)61-41-45(50)39-59-48(53)37-35-33-31-29-27-25-16-14-12-10-8-6-4-2/h11,13,17-18,25,27,45-47,50-52H,3-10,12,14-16,19-24,26,28-44H2,1-2H3,(H,55,56)(H,57,58)/b13-11-,18-17-,27-25-. The number of ether oxygens (including phenoxy) is 2. The second-order valence-corrected chi connectivity index (χ2v) is 20.1. The molecule has 5 unspecified atom stereocenters. The van der Waals surface area contributed by atoms with Gasteiger partial charge in [0.2, 0.25) is 0 Å². The number of unbranched alkanes of at least 4 members (excludes halogenated alkanes) is 23. The smallest absolute Gasteiger partial charge is 0.463 e. The first-order valence-electron chi connectivity index (χ1n) is 25.3. The van der Waals surface area contributed by atoms with Gasteiger partial charge >= 0.3 is 27.6 Å². The maximum atomic E-state index is 12.2. The van der Waals surface area contributed by atoms with Crippen LogP contribution < -0.4 is 0 Å². The van der Waals surface area contributed by atoms with E-state index in [0.717, 1.165) is 57.8 Å². The maximum Gasteiger partial charge on any atom is 0.472 e. The number of phosphoric ester groups is 2. The quantitative estimate of drug-likeness (QED) is 0.0165. The Bertz CT molecular complexity index is 1330. The second kappa shape index (κ2) is 45.7. The number of aliphatic hydroxyl groups is 3. The number of aliphatic hydroxyl groups excluding tert-OH is 3. The van der Waals surface area contributed by atoms with Crippen LogP contribution >= 0.6 is 15.6 Å². The third-order valence-electron chi connectivity index (χ3n) is 10.6. The molecule has 5 N–H and O–H groups in total. The van der Waals surface area contributed by atoms with Crippen LogP contribution in [0.15, 0.2) is 36.5 Å². The van der Waals surface area contributed by atoms with E-state index in [2.05, 4.69) is 63.9 Å². The summed E-state index contributed by atoms with van der Waals surface area (Å²) in [5.74, 6) is -1.01. The molecule has 17 heteroatoms. The fraction of sp³-hybridized carbons (Fsp3) is 0.837. The van der Waals surface area contributed by atoms with Crippen molar-refractivity contribution in [2.75, 3.05) is 39.6 Å². The van der Waals surface area contributed by atoms with E-state index in [-0.39, 0.29) is 12.8 Å². The Hall–Kier alpha value is -1.74. The Morgan fingerprint density at radius 3 is 1.02 bits per heavy atom. The third-order valence-corrected chi connectivity index (χ3v) is 12.5. The van der Waals surface area contributed by atoms with Crippen molar-refractivity contribution >= 4 is 27.6 Å². The van der Waals surface area contributed by atoms with Crippen LogP contribution in [0.25, 0.3) is 0 Å². The number of hydrogen-bond acceptors (Lipinski definition) is 13. The van der Waals surface area contributed by atoms with Crippen LogP contribution in [0.4, 0.5) is 0 Å². The Labute approximate surface area is 398 Å². The Kier molecular flexibility index (Phi) is 44.5. The van der Waals surface area contributed by atoms with Gasteiger partial charge in [-0.3, -0.25) is 27.7 Å². The molecule has 388 valence electrons. The minimum Gasteiger partial charge on any atom is -0.463 e. The summed E-state index contributed by atoms with van der Waals surface area (Å²) >= 11 is 0. The van der Waals surface area contributed by atoms with Gasteiger partial charge in [-0.25, -0.2) is 9.13 Å². The monoisotopic (exact) mass is 983 g/mol. The lowest BCUT2D eigenvalue weighted by Crippen LogP contribution is -2.25. The molecule has 66 heavy (non-hydrogen) atoms. The van der Waals surface area contributed by atoms with E-state index < -0.39 is 85.5 Å². The second-order valence-electron chi connectivity index (χ2n) is 17.2. The molecule has 0 spiro atoms. The van der Waals surface area contributed by atoms with Crippen LogP contribution in [0.2, 0.25) is 0 Å². The van der Waals surface area contributed by atoms with Crippen molar-refractivity contribution in [1.82, 2.24) is 0 Å². The molecule has 0 aliphatic heterocycles. The average Bonchev–Trinajstić information content (AvgIpc) is 3.29. The third kappa shape index (κ3) is 47.3. The largest absolute Gasteiger partial charge is 0.472 e. The van der Waals surface area contributed by atoms with Crippen LogP contribution in [0.1, 0.15) is 206 Å². The SMILES string of the molecule is CCCCC/C=C\C/C=C\CCCCCCCCCCCCCC(=O)OCC(O)COP(=O)(O)OCC(O)COP(=O)(O)OCC(O)COC(=O)CCCCC/C=C\CCCCCCCC. The average molecular weight is 983 g/mol. The molecule has 0 amide bonds. The van der Waals surface area contributed by atoms with Crippen LogP contribution in [0.3, 0.4) is 0 Å². The van der Waals surface area contributed by atoms with Crippen molar-refractivity contribution in [2.45, 2.75) is 225 Å². The van der Waals surface area contributed by atoms with Crippen molar-refractivity contribution in [1.29, 1.82) is 0 Å². The summed E-state index contributed by atoms with van der Waals surface area (Å²) in [5, 5.41) is 30.0. The molecule has 0 aromatic carbocycles. The molecule has 0 aliphatic rings. The minimum atomic E-state index is -4.79. The summed E-state index contributed by atoms with van der Waals surface area (Å²) in [4.78, 5) is 43.8. The summed E-state index contributed by atoms with van der Waals surface area (Å²) in [6, 6.07) is 0. The van der Waals surface area contributed by atoms with Gasteiger partial charge in [-0.15, -0.1) is 0 Å². The highest BCUT2D eigenvalue weighted by Crippen LogP contribution is 2.45. The number of carbonyl (C=O) groups is 2. The zero-order valence-electron chi connectivity index (χ0n) is 40.9. The van der Waals surface area contributed by atoms with Gasteiger partial charge in [0.1, 0.15) is 31.5 Å². The predicted molar refractivity (Wildman–Crippen MR) is 261 cm³/mol. The van der Waals surface area contributed by atoms with Crippen molar-refractivity contribution in [3.63, 3.8) is 0 Å². The van der Waals surface area contributed by atoms with E-state index in [9.17, 15) is 43.8 Å². The lowest BCUT2D eigenvalue weighted by Gasteiger charge is -2.19. The van der Waals surface area contributed by atoms with Gasteiger partial charge < -0.3 is 34.6 Å². The van der Waals surface area contributed by atoms with Crippen molar-refractivity contribution in [3.05, 3.63) is 36.5 Å². The molecular weight excluding hydrogens is 890 g/mol. The van der Waals surface area contributed by atoms with Gasteiger partial charge in [0.15, 0.2) is 0 Å². The molecule has 0 aliphatic carbocycles. The fourth-order valence-corrected chi connectivity index (χ4v) is 8.18. The normalized spacial score (nSPS) is 15.3. The van der Waals surface area contributed by atoms with Crippen LogP contribution in [-0.4, -0.2) is 95.0 Å². The first-order valence-corrected chi connectivity index (χ1v) is 28.3.